The van der Waals surface area contributed by atoms with E-state index in [9.17, 15) is 10.1 Å². The van der Waals surface area contributed by atoms with E-state index in [1.54, 1.807) is 12.1 Å². The fraction of sp³-hybridized carbons (Fsp3) is 0.400. The molecule has 1 heterocycles. The van der Waals surface area contributed by atoms with Crippen molar-refractivity contribution in [3.8, 4) is 17.2 Å². The fourth-order valence-electron chi connectivity index (χ4n) is 4.52. The van der Waals surface area contributed by atoms with Gasteiger partial charge in [0, 0.05) is 17.0 Å². The van der Waals surface area contributed by atoms with Crippen molar-refractivity contribution in [2.24, 2.45) is 4.99 Å². The number of benzene rings is 2. The Morgan fingerprint density at radius 3 is 2.57 bits per heavy atom. The molecule has 4 rings (SSSR count). The number of rotatable bonds is 6. The Bertz CT molecular complexity index is 1010. The molecule has 5 heteroatoms. The molecule has 30 heavy (non-hydrogen) atoms. The van der Waals surface area contributed by atoms with Crippen molar-refractivity contribution in [2.45, 2.75) is 64.0 Å². The Morgan fingerprint density at radius 1 is 1.17 bits per heavy atom. The van der Waals surface area contributed by atoms with E-state index in [1.807, 2.05) is 35.2 Å². The summed E-state index contributed by atoms with van der Waals surface area (Å²) < 4.78 is 0. The molecule has 4 nitrogen and oxygen atoms in total. The van der Waals surface area contributed by atoms with Gasteiger partial charge >= 0.3 is 0 Å². The van der Waals surface area contributed by atoms with E-state index in [2.05, 4.69) is 13.0 Å². The molecule has 2 aromatic rings. The lowest BCUT2D eigenvalue weighted by Gasteiger charge is -2.23. The van der Waals surface area contributed by atoms with E-state index in [1.165, 1.54) is 0 Å². The molecule has 1 saturated carbocycles. The molecule has 2 aliphatic rings. The lowest BCUT2D eigenvalue weighted by atomic mass is 9.97. The summed E-state index contributed by atoms with van der Waals surface area (Å²) in [6.45, 7) is 2.71. The van der Waals surface area contributed by atoms with Gasteiger partial charge in [0.05, 0.1) is 18.2 Å². The van der Waals surface area contributed by atoms with Crippen molar-refractivity contribution in [2.75, 3.05) is 0 Å². The number of carbonyl (C=O) groups excluding carboxylic acids is 1. The van der Waals surface area contributed by atoms with Crippen molar-refractivity contribution in [1.82, 2.24) is 4.90 Å². The number of hydrogen-bond donors (Lipinski definition) is 0. The number of halogens is 1. The molecule has 0 N–H and O–H groups in total. The third-order valence-electron chi connectivity index (χ3n) is 6.19. The van der Waals surface area contributed by atoms with E-state index >= 15 is 0 Å². The number of aliphatic imine (C=N–C) groups is 1. The lowest BCUT2D eigenvalue weighted by molar-refractivity contribution is -0.131. The summed E-state index contributed by atoms with van der Waals surface area (Å²) in [6.07, 6.45) is 6.91. The molecule has 0 unspecified atom stereocenters. The number of nitriles is 1. The summed E-state index contributed by atoms with van der Waals surface area (Å²) in [5.74, 6) is 1.13. The van der Waals surface area contributed by atoms with Crippen LogP contribution in [0.15, 0.2) is 47.5 Å². The molecule has 1 aliphatic heterocycles. The Hall–Kier alpha value is -2.64. The number of unbranched alkanes of at least 4 members (excludes halogenated alkanes) is 1. The highest BCUT2D eigenvalue weighted by molar-refractivity contribution is 6.30. The van der Waals surface area contributed by atoms with Crippen LogP contribution in [0.1, 0.15) is 63.0 Å². The Kier molecular flexibility index (Phi) is 5.92. The number of amides is 1. The second-order valence-electron chi connectivity index (χ2n) is 8.26. The van der Waals surface area contributed by atoms with Crippen LogP contribution < -0.4 is 0 Å². The molecule has 1 spiro atoms. The van der Waals surface area contributed by atoms with Crippen LogP contribution in [-0.4, -0.2) is 22.2 Å². The average molecular weight is 420 g/mol. The Morgan fingerprint density at radius 2 is 1.90 bits per heavy atom. The van der Waals surface area contributed by atoms with Gasteiger partial charge in [0.25, 0.3) is 5.91 Å². The molecular formula is C25H26ClN3O. The highest BCUT2D eigenvalue weighted by atomic mass is 35.5. The zero-order valence-electron chi connectivity index (χ0n) is 17.3. The third-order valence-corrected chi connectivity index (χ3v) is 6.43. The van der Waals surface area contributed by atoms with Crippen molar-refractivity contribution in [3.63, 3.8) is 0 Å². The highest BCUT2D eigenvalue weighted by Gasteiger charge is 2.49. The van der Waals surface area contributed by atoms with Crippen molar-refractivity contribution < 1.29 is 4.79 Å². The second-order valence-corrected chi connectivity index (χ2v) is 8.70. The Balaban J connectivity index is 1.57. The molecule has 1 fully saturated rings. The Labute approximate surface area is 183 Å². The first kappa shape index (κ1) is 20.6. The quantitative estimate of drug-likeness (QED) is 0.566. The summed E-state index contributed by atoms with van der Waals surface area (Å²) >= 11 is 6.13. The van der Waals surface area contributed by atoms with Gasteiger partial charge in [-0.2, -0.15) is 5.26 Å². The zero-order valence-corrected chi connectivity index (χ0v) is 18.1. The highest BCUT2D eigenvalue weighted by Crippen LogP contribution is 2.40. The lowest BCUT2D eigenvalue weighted by Crippen LogP contribution is -2.40. The van der Waals surface area contributed by atoms with Crippen LogP contribution in [0, 0.1) is 11.3 Å². The minimum Gasteiger partial charge on any atom is -0.294 e. The fourth-order valence-corrected chi connectivity index (χ4v) is 4.70. The molecule has 0 atom stereocenters. The van der Waals surface area contributed by atoms with Gasteiger partial charge < -0.3 is 0 Å². The zero-order chi connectivity index (χ0) is 21.1. The van der Waals surface area contributed by atoms with Gasteiger partial charge in [0.1, 0.15) is 11.4 Å². The topological polar surface area (TPSA) is 56.5 Å². The maximum absolute atomic E-state index is 13.3. The second kappa shape index (κ2) is 8.62. The smallest absolute Gasteiger partial charge is 0.256 e. The minimum absolute atomic E-state index is 0.178. The van der Waals surface area contributed by atoms with E-state index in [0.29, 0.717) is 17.1 Å². The maximum Gasteiger partial charge on any atom is 0.256 e. The van der Waals surface area contributed by atoms with Crippen LogP contribution in [0.25, 0.3) is 11.1 Å². The number of nitrogens with zero attached hydrogens (tertiary/aromatic N) is 3. The molecule has 0 aromatic heterocycles. The van der Waals surface area contributed by atoms with Gasteiger partial charge in [-0.3, -0.25) is 14.7 Å². The van der Waals surface area contributed by atoms with Gasteiger partial charge in [-0.25, -0.2) is 0 Å². The molecule has 1 aliphatic carbocycles. The standard InChI is InChI=1S/C25H26ClN3O/c1-2-3-6-23-28-25(13-4-5-14-25)24(30)29(23)17-18-7-9-19(10-8-18)22-15-21(26)12-11-20(22)16-27/h7-12,15H,2-6,13-14,17H2,1H3. The molecule has 1 amide bonds. The van der Waals surface area contributed by atoms with Gasteiger partial charge in [0.2, 0.25) is 0 Å². The van der Waals surface area contributed by atoms with Crippen LogP contribution in [0.3, 0.4) is 0 Å². The number of amidine groups is 1. The van der Waals surface area contributed by atoms with Gasteiger partial charge in [-0.1, -0.05) is 62.1 Å². The van der Waals surface area contributed by atoms with Crippen LogP contribution >= 0.6 is 11.6 Å². The van der Waals surface area contributed by atoms with Gasteiger partial charge in [-0.05, 0) is 48.6 Å². The van der Waals surface area contributed by atoms with Crippen molar-refractivity contribution >= 4 is 23.3 Å². The van der Waals surface area contributed by atoms with E-state index < -0.39 is 5.54 Å². The molecule has 0 saturated heterocycles. The van der Waals surface area contributed by atoms with Crippen LogP contribution in [-0.2, 0) is 11.3 Å². The number of carbonyl (C=O) groups is 1. The van der Waals surface area contributed by atoms with Crippen LogP contribution in [0.5, 0.6) is 0 Å². The van der Waals surface area contributed by atoms with Gasteiger partial charge in [0.15, 0.2) is 0 Å². The molecule has 154 valence electrons. The third kappa shape index (κ3) is 3.87. The average Bonchev–Trinajstić information content (AvgIpc) is 3.33. The van der Waals surface area contributed by atoms with E-state index in [4.69, 9.17) is 16.6 Å². The first-order valence-electron chi connectivity index (χ1n) is 10.8. The van der Waals surface area contributed by atoms with Crippen LogP contribution in [0.4, 0.5) is 0 Å². The predicted octanol–water partition coefficient (Wildman–Crippen LogP) is 6.12. The van der Waals surface area contributed by atoms with Crippen molar-refractivity contribution in [3.05, 3.63) is 58.6 Å². The SMILES string of the molecule is CCCCC1=NC2(CCCC2)C(=O)N1Cc1ccc(-c2cc(Cl)ccc2C#N)cc1. The molecule has 0 bridgehead atoms. The first-order chi connectivity index (χ1) is 14.6. The van der Waals surface area contributed by atoms with Crippen LogP contribution in [0.2, 0.25) is 5.02 Å². The normalized spacial score (nSPS) is 17.4. The minimum atomic E-state index is -0.495. The van der Waals surface area contributed by atoms with Gasteiger partial charge in [-0.15, -0.1) is 0 Å². The van der Waals surface area contributed by atoms with E-state index in [-0.39, 0.29) is 5.91 Å². The van der Waals surface area contributed by atoms with E-state index in [0.717, 1.165) is 67.5 Å². The molecule has 2 aromatic carbocycles. The molecular weight excluding hydrogens is 394 g/mol. The summed E-state index contributed by atoms with van der Waals surface area (Å²) in [5.41, 5.74) is 2.93. The molecule has 0 radical (unpaired) electrons. The largest absolute Gasteiger partial charge is 0.294 e. The monoisotopic (exact) mass is 419 g/mol. The number of hydrogen-bond acceptors (Lipinski definition) is 3. The summed E-state index contributed by atoms with van der Waals surface area (Å²) in [5, 5.41) is 10.0. The first-order valence-corrected chi connectivity index (χ1v) is 11.1. The van der Waals surface area contributed by atoms with Crippen molar-refractivity contribution in [1.29, 1.82) is 5.26 Å². The summed E-state index contributed by atoms with van der Waals surface area (Å²) in [7, 11) is 0. The summed E-state index contributed by atoms with van der Waals surface area (Å²) in [4.78, 5) is 20.1. The summed E-state index contributed by atoms with van der Waals surface area (Å²) in [6, 6.07) is 15.6. The predicted molar refractivity (Wildman–Crippen MR) is 120 cm³/mol. The maximum atomic E-state index is 13.3.